The Bertz CT molecular complexity index is 158. The Hall–Kier alpha value is -0.120. The zero-order chi connectivity index (χ0) is 11.9. The molecule has 0 saturated heterocycles. The molecule has 92 valence electrons. The average Bonchev–Trinajstić information content (AvgIpc) is 2.14. The maximum atomic E-state index is 5.63. The molecular weight excluding hydrogens is 190 g/mol. The van der Waals surface area contributed by atoms with Gasteiger partial charge in [-0.3, -0.25) is 0 Å². The zero-order valence-corrected chi connectivity index (χ0v) is 11.1. The highest BCUT2D eigenvalue weighted by atomic mass is 16.5. The van der Waals surface area contributed by atoms with Crippen LogP contribution in [0.1, 0.15) is 41.0 Å². The van der Waals surface area contributed by atoms with Crippen LogP contribution in [-0.4, -0.2) is 38.0 Å². The van der Waals surface area contributed by atoms with Crippen LogP contribution >= 0.6 is 0 Å². The lowest BCUT2D eigenvalue weighted by Gasteiger charge is -2.29. The zero-order valence-electron chi connectivity index (χ0n) is 11.1. The number of ether oxygens (including phenoxy) is 2. The summed E-state index contributed by atoms with van der Waals surface area (Å²) in [5.74, 6) is 0. The lowest BCUT2D eigenvalue weighted by Crippen LogP contribution is -2.41. The first-order chi connectivity index (χ1) is 6.91. The predicted octanol–water partition coefficient (Wildman–Crippen LogP) is 2.20. The van der Waals surface area contributed by atoms with E-state index >= 15 is 0 Å². The smallest absolute Gasteiger partial charge is 0.0638 e. The fraction of sp³-hybridized carbons (Fsp3) is 1.00. The molecule has 0 rings (SSSR count). The number of hydrogen-bond acceptors (Lipinski definition) is 3. The first kappa shape index (κ1) is 14.9. The first-order valence-corrected chi connectivity index (χ1v) is 5.81. The van der Waals surface area contributed by atoms with E-state index in [0.29, 0.717) is 6.04 Å². The highest BCUT2D eigenvalue weighted by Crippen LogP contribution is 2.16. The molecule has 0 aromatic carbocycles. The molecule has 3 nitrogen and oxygen atoms in total. The van der Waals surface area contributed by atoms with Gasteiger partial charge in [0.05, 0.1) is 18.3 Å². The topological polar surface area (TPSA) is 30.5 Å². The number of rotatable bonds is 8. The molecular formula is C12H27NO2. The van der Waals surface area contributed by atoms with Gasteiger partial charge in [0.2, 0.25) is 0 Å². The Morgan fingerprint density at radius 3 is 2.27 bits per heavy atom. The van der Waals surface area contributed by atoms with E-state index in [2.05, 4.69) is 39.9 Å². The molecule has 0 bridgehead atoms. The van der Waals surface area contributed by atoms with Gasteiger partial charge in [0.15, 0.2) is 0 Å². The third-order valence-corrected chi connectivity index (χ3v) is 2.41. The Balaban J connectivity index is 4.03. The van der Waals surface area contributed by atoms with Gasteiger partial charge in [0, 0.05) is 13.2 Å². The van der Waals surface area contributed by atoms with Crippen molar-refractivity contribution in [1.82, 2.24) is 5.32 Å². The molecule has 3 heteroatoms. The van der Waals surface area contributed by atoms with Gasteiger partial charge in [-0.2, -0.15) is 0 Å². The summed E-state index contributed by atoms with van der Waals surface area (Å²) in [5.41, 5.74) is -0.0901. The van der Waals surface area contributed by atoms with Crippen molar-refractivity contribution < 1.29 is 9.47 Å². The van der Waals surface area contributed by atoms with Crippen molar-refractivity contribution in [3.05, 3.63) is 0 Å². The molecule has 0 aromatic rings. The van der Waals surface area contributed by atoms with E-state index in [1.54, 1.807) is 7.11 Å². The van der Waals surface area contributed by atoms with E-state index in [1.807, 2.05) is 0 Å². The molecule has 0 fully saturated rings. The normalized spacial score (nSPS) is 14.6. The molecule has 0 heterocycles. The minimum atomic E-state index is -0.0901. The summed E-state index contributed by atoms with van der Waals surface area (Å²) in [6.45, 7) is 12.2. The van der Waals surface area contributed by atoms with Crippen LogP contribution in [0, 0.1) is 0 Å². The maximum Gasteiger partial charge on any atom is 0.0638 e. The van der Waals surface area contributed by atoms with E-state index in [-0.39, 0.29) is 11.7 Å². The Morgan fingerprint density at radius 2 is 1.87 bits per heavy atom. The Labute approximate surface area is 94.5 Å². The Kier molecular flexibility index (Phi) is 7.14. The molecule has 1 unspecified atom stereocenters. The van der Waals surface area contributed by atoms with Gasteiger partial charge in [-0.1, -0.05) is 6.92 Å². The van der Waals surface area contributed by atoms with E-state index in [0.717, 1.165) is 19.6 Å². The van der Waals surface area contributed by atoms with Crippen molar-refractivity contribution in [2.75, 3.05) is 20.3 Å². The lowest BCUT2D eigenvalue weighted by atomic mass is 9.99. The van der Waals surface area contributed by atoms with Gasteiger partial charge in [-0.05, 0) is 40.7 Å². The van der Waals surface area contributed by atoms with Crippen molar-refractivity contribution in [1.29, 1.82) is 0 Å². The van der Waals surface area contributed by atoms with Crippen molar-refractivity contribution in [2.24, 2.45) is 0 Å². The minimum Gasteiger partial charge on any atom is -0.379 e. The molecule has 0 aliphatic carbocycles. The number of methoxy groups -OCH3 is 1. The quantitative estimate of drug-likeness (QED) is 0.676. The molecule has 1 atom stereocenters. The second-order valence-electron chi connectivity index (χ2n) is 4.80. The van der Waals surface area contributed by atoms with Crippen LogP contribution in [0.3, 0.4) is 0 Å². The summed E-state index contributed by atoms with van der Waals surface area (Å²) >= 11 is 0. The van der Waals surface area contributed by atoms with Crippen LogP contribution in [-0.2, 0) is 9.47 Å². The lowest BCUT2D eigenvalue weighted by molar-refractivity contribution is -0.0112. The molecule has 0 aliphatic rings. The molecule has 0 aromatic heterocycles. The van der Waals surface area contributed by atoms with Gasteiger partial charge >= 0.3 is 0 Å². The van der Waals surface area contributed by atoms with E-state index in [9.17, 15) is 0 Å². The van der Waals surface area contributed by atoms with E-state index < -0.39 is 0 Å². The number of nitrogens with one attached hydrogen (secondary N) is 1. The van der Waals surface area contributed by atoms with Crippen molar-refractivity contribution in [3.8, 4) is 0 Å². The van der Waals surface area contributed by atoms with Crippen LogP contribution in [0.4, 0.5) is 0 Å². The summed E-state index contributed by atoms with van der Waals surface area (Å²) in [6, 6.07) is 0.368. The van der Waals surface area contributed by atoms with Crippen molar-refractivity contribution in [3.63, 3.8) is 0 Å². The molecule has 0 radical (unpaired) electrons. The second-order valence-corrected chi connectivity index (χ2v) is 4.80. The fourth-order valence-electron chi connectivity index (χ4n) is 1.46. The summed E-state index contributed by atoms with van der Waals surface area (Å²) in [7, 11) is 1.76. The average molecular weight is 217 g/mol. The standard InChI is InChI=1S/C12H27NO2/c1-7-13-11(9-15-10(2)3)8-12(4,5)14-6/h10-11,13H,7-9H2,1-6H3. The summed E-state index contributed by atoms with van der Waals surface area (Å²) in [6.07, 6.45) is 1.25. The van der Waals surface area contributed by atoms with Gasteiger partial charge < -0.3 is 14.8 Å². The summed E-state index contributed by atoms with van der Waals surface area (Å²) in [4.78, 5) is 0. The molecule has 1 N–H and O–H groups in total. The SMILES string of the molecule is CCNC(COC(C)C)CC(C)(C)OC. The third-order valence-electron chi connectivity index (χ3n) is 2.41. The molecule has 0 aliphatic heterocycles. The van der Waals surface area contributed by atoms with Crippen LogP contribution in [0.15, 0.2) is 0 Å². The summed E-state index contributed by atoms with van der Waals surface area (Å²) in [5, 5.41) is 3.42. The monoisotopic (exact) mass is 217 g/mol. The van der Waals surface area contributed by atoms with Gasteiger partial charge in [-0.25, -0.2) is 0 Å². The van der Waals surface area contributed by atoms with Gasteiger partial charge in [0.25, 0.3) is 0 Å². The predicted molar refractivity (Wildman–Crippen MR) is 64.3 cm³/mol. The first-order valence-electron chi connectivity index (χ1n) is 5.81. The van der Waals surface area contributed by atoms with Crippen LogP contribution in [0.25, 0.3) is 0 Å². The molecule has 15 heavy (non-hydrogen) atoms. The second kappa shape index (κ2) is 7.20. The van der Waals surface area contributed by atoms with Crippen LogP contribution in [0.2, 0.25) is 0 Å². The van der Waals surface area contributed by atoms with Gasteiger partial charge in [0.1, 0.15) is 0 Å². The third kappa shape index (κ3) is 7.77. The van der Waals surface area contributed by atoms with Crippen molar-refractivity contribution >= 4 is 0 Å². The molecule has 0 spiro atoms. The molecule has 0 amide bonds. The Morgan fingerprint density at radius 1 is 1.27 bits per heavy atom. The maximum absolute atomic E-state index is 5.63. The van der Waals surface area contributed by atoms with E-state index in [1.165, 1.54) is 0 Å². The number of hydrogen-bond donors (Lipinski definition) is 1. The fourth-order valence-corrected chi connectivity index (χ4v) is 1.46. The highest BCUT2D eigenvalue weighted by Gasteiger charge is 2.22. The molecule has 0 saturated carbocycles. The largest absolute Gasteiger partial charge is 0.379 e. The minimum absolute atomic E-state index is 0.0901. The van der Waals surface area contributed by atoms with Crippen LogP contribution in [0.5, 0.6) is 0 Å². The van der Waals surface area contributed by atoms with Crippen LogP contribution < -0.4 is 5.32 Å². The van der Waals surface area contributed by atoms with E-state index in [4.69, 9.17) is 9.47 Å². The van der Waals surface area contributed by atoms with Crippen molar-refractivity contribution in [2.45, 2.75) is 58.8 Å². The summed E-state index contributed by atoms with van der Waals surface area (Å²) < 4.78 is 11.1. The highest BCUT2D eigenvalue weighted by molar-refractivity contribution is 4.78. The van der Waals surface area contributed by atoms with Gasteiger partial charge in [-0.15, -0.1) is 0 Å². The number of likely N-dealkylation sites (N-methyl/N-ethyl adjacent to an activating group) is 1.